The van der Waals surface area contributed by atoms with Crippen LogP contribution in [-0.2, 0) is 4.74 Å². The van der Waals surface area contributed by atoms with Gasteiger partial charge in [0.15, 0.2) is 0 Å². The van der Waals surface area contributed by atoms with Crippen LogP contribution in [0.25, 0.3) is 0 Å². The Morgan fingerprint density at radius 1 is 1.36 bits per heavy atom. The van der Waals surface area contributed by atoms with Gasteiger partial charge in [0, 0.05) is 20.0 Å². The van der Waals surface area contributed by atoms with Gasteiger partial charge in [-0.2, -0.15) is 0 Å². The van der Waals surface area contributed by atoms with Crippen LogP contribution in [0.3, 0.4) is 0 Å². The Bertz CT molecular complexity index is 226. The normalized spacial score (nSPS) is 38.4. The zero-order valence-corrected chi connectivity index (χ0v) is 8.96. The van der Waals surface area contributed by atoms with Gasteiger partial charge < -0.3 is 9.84 Å². The highest BCUT2D eigenvalue weighted by Crippen LogP contribution is 2.42. The van der Waals surface area contributed by atoms with Crippen molar-refractivity contribution < 1.29 is 9.84 Å². The van der Waals surface area contributed by atoms with E-state index in [2.05, 4.69) is 6.08 Å². The standard InChI is InChI=1S/C12H20O2/c1-14-11-8-12(13,9-11)10-6-4-2-3-5-7-10/h6,11,13H,2-5,7-9H2,1H3. The van der Waals surface area contributed by atoms with E-state index < -0.39 is 5.60 Å². The van der Waals surface area contributed by atoms with Crippen LogP contribution in [0.1, 0.15) is 44.9 Å². The Kier molecular flexibility index (Phi) is 2.93. The summed E-state index contributed by atoms with van der Waals surface area (Å²) < 4.78 is 5.22. The first-order valence-corrected chi connectivity index (χ1v) is 5.69. The zero-order chi connectivity index (χ0) is 10.0. The summed E-state index contributed by atoms with van der Waals surface area (Å²) in [6.07, 6.45) is 10.2. The number of hydrogen-bond donors (Lipinski definition) is 1. The first-order valence-electron chi connectivity index (χ1n) is 5.69. The van der Waals surface area contributed by atoms with Crippen molar-refractivity contribution in [1.29, 1.82) is 0 Å². The van der Waals surface area contributed by atoms with E-state index in [1.165, 1.54) is 24.8 Å². The number of ether oxygens (including phenoxy) is 1. The average Bonchev–Trinajstić information content (AvgIpc) is 2.40. The van der Waals surface area contributed by atoms with E-state index >= 15 is 0 Å². The molecule has 0 spiro atoms. The topological polar surface area (TPSA) is 29.5 Å². The molecule has 1 N–H and O–H groups in total. The van der Waals surface area contributed by atoms with Crippen molar-refractivity contribution >= 4 is 0 Å². The number of methoxy groups -OCH3 is 1. The molecule has 0 aromatic carbocycles. The molecule has 2 rings (SSSR count). The van der Waals surface area contributed by atoms with E-state index in [4.69, 9.17) is 4.74 Å². The molecule has 80 valence electrons. The quantitative estimate of drug-likeness (QED) is 0.687. The minimum Gasteiger partial charge on any atom is -0.385 e. The summed E-state index contributed by atoms with van der Waals surface area (Å²) in [6.45, 7) is 0. The average molecular weight is 196 g/mol. The number of rotatable bonds is 2. The third kappa shape index (κ3) is 1.86. The van der Waals surface area contributed by atoms with E-state index in [9.17, 15) is 5.11 Å². The summed E-state index contributed by atoms with van der Waals surface area (Å²) in [6, 6.07) is 0. The van der Waals surface area contributed by atoms with Crippen LogP contribution >= 0.6 is 0 Å². The van der Waals surface area contributed by atoms with Gasteiger partial charge in [-0.05, 0) is 31.3 Å². The molecule has 2 aliphatic carbocycles. The molecule has 0 unspecified atom stereocenters. The fourth-order valence-electron chi connectivity index (χ4n) is 2.56. The summed E-state index contributed by atoms with van der Waals surface area (Å²) in [4.78, 5) is 0. The second-order valence-electron chi connectivity index (χ2n) is 4.63. The van der Waals surface area contributed by atoms with E-state index in [1.807, 2.05) is 0 Å². The Balaban J connectivity index is 1.97. The highest BCUT2D eigenvalue weighted by molar-refractivity contribution is 5.23. The predicted molar refractivity (Wildman–Crippen MR) is 56.1 cm³/mol. The lowest BCUT2D eigenvalue weighted by Crippen LogP contribution is -2.49. The molecule has 0 atom stereocenters. The van der Waals surface area contributed by atoms with Crippen LogP contribution < -0.4 is 0 Å². The third-order valence-electron chi connectivity index (χ3n) is 3.60. The van der Waals surface area contributed by atoms with Crippen LogP contribution in [0.5, 0.6) is 0 Å². The Hall–Kier alpha value is -0.340. The lowest BCUT2D eigenvalue weighted by molar-refractivity contribution is -0.105. The van der Waals surface area contributed by atoms with Crippen molar-refractivity contribution in [2.24, 2.45) is 0 Å². The molecule has 14 heavy (non-hydrogen) atoms. The largest absolute Gasteiger partial charge is 0.385 e. The molecule has 1 saturated carbocycles. The highest BCUT2D eigenvalue weighted by atomic mass is 16.5. The minimum absolute atomic E-state index is 0.282. The molecule has 0 aromatic heterocycles. The minimum atomic E-state index is -0.509. The van der Waals surface area contributed by atoms with Crippen molar-refractivity contribution in [3.8, 4) is 0 Å². The van der Waals surface area contributed by atoms with Gasteiger partial charge in [0.1, 0.15) is 0 Å². The maximum absolute atomic E-state index is 10.3. The fraction of sp³-hybridized carbons (Fsp3) is 0.833. The molecule has 2 aliphatic rings. The molecule has 0 bridgehead atoms. The molecule has 0 saturated heterocycles. The van der Waals surface area contributed by atoms with Crippen molar-refractivity contribution in [2.45, 2.75) is 56.7 Å². The van der Waals surface area contributed by atoms with Crippen LogP contribution in [0, 0.1) is 0 Å². The van der Waals surface area contributed by atoms with Crippen LogP contribution in [0.4, 0.5) is 0 Å². The molecule has 0 radical (unpaired) electrons. The maximum atomic E-state index is 10.3. The van der Waals surface area contributed by atoms with Gasteiger partial charge in [0.05, 0.1) is 11.7 Å². The summed E-state index contributed by atoms with van der Waals surface area (Å²) in [5, 5.41) is 10.3. The number of allylic oxidation sites excluding steroid dienone is 1. The molecule has 1 fully saturated rings. The number of aliphatic hydroxyl groups is 1. The molecule has 2 heteroatoms. The monoisotopic (exact) mass is 196 g/mol. The second kappa shape index (κ2) is 4.03. The van der Waals surface area contributed by atoms with Gasteiger partial charge in [-0.1, -0.05) is 12.5 Å². The van der Waals surface area contributed by atoms with E-state index in [0.717, 1.165) is 25.7 Å². The smallest absolute Gasteiger partial charge is 0.0906 e. The van der Waals surface area contributed by atoms with Gasteiger partial charge >= 0.3 is 0 Å². The summed E-state index contributed by atoms with van der Waals surface area (Å²) in [5.74, 6) is 0. The Labute approximate surface area is 86.0 Å². The van der Waals surface area contributed by atoms with Crippen molar-refractivity contribution in [3.63, 3.8) is 0 Å². The lowest BCUT2D eigenvalue weighted by Gasteiger charge is -2.44. The molecule has 0 amide bonds. The summed E-state index contributed by atoms with van der Waals surface area (Å²) in [5.41, 5.74) is 0.772. The lowest BCUT2D eigenvalue weighted by atomic mass is 9.71. The van der Waals surface area contributed by atoms with Gasteiger partial charge in [-0.25, -0.2) is 0 Å². The van der Waals surface area contributed by atoms with E-state index in [1.54, 1.807) is 7.11 Å². The SMILES string of the molecule is COC1CC(O)(C2=CCCCCC2)C1. The fourth-order valence-corrected chi connectivity index (χ4v) is 2.56. The van der Waals surface area contributed by atoms with Crippen molar-refractivity contribution in [2.75, 3.05) is 7.11 Å². The maximum Gasteiger partial charge on any atom is 0.0906 e. The van der Waals surface area contributed by atoms with E-state index in [0.29, 0.717) is 0 Å². The molecule has 2 nitrogen and oxygen atoms in total. The summed E-state index contributed by atoms with van der Waals surface area (Å²) in [7, 11) is 1.73. The van der Waals surface area contributed by atoms with Gasteiger partial charge in [0.2, 0.25) is 0 Å². The second-order valence-corrected chi connectivity index (χ2v) is 4.63. The van der Waals surface area contributed by atoms with Gasteiger partial charge in [-0.3, -0.25) is 0 Å². The Morgan fingerprint density at radius 3 is 2.86 bits per heavy atom. The Morgan fingerprint density at radius 2 is 2.14 bits per heavy atom. The molecule has 0 aliphatic heterocycles. The third-order valence-corrected chi connectivity index (χ3v) is 3.60. The summed E-state index contributed by atoms with van der Waals surface area (Å²) >= 11 is 0. The van der Waals surface area contributed by atoms with Crippen LogP contribution in [-0.4, -0.2) is 23.9 Å². The zero-order valence-electron chi connectivity index (χ0n) is 8.96. The van der Waals surface area contributed by atoms with E-state index in [-0.39, 0.29) is 6.10 Å². The molecular formula is C12H20O2. The number of hydrogen-bond acceptors (Lipinski definition) is 2. The molecule has 0 heterocycles. The first kappa shape index (κ1) is 10.2. The molecule has 0 aromatic rings. The van der Waals surface area contributed by atoms with Crippen molar-refractivity contribution in [3.05, 3.63) is 11.6 Å². The van der Waals surface area contributed by atoms with Gasteiger partial charge in [0.25, 0.3) is 0 Å². The molecular weight excluding hydrogens is 176 g/mol. The highest BCUT2D eigenvalue weighted by Gasteiger charge is 2.45. The van der Waals surface area contributed by atoms with Gasteiger partial charge in [-0.15, -0.1) is 0 Å². The predicted octanol–water partition coefficient (Wildman–Crippen LogP) is 2.42. The van der Waals surface area contributed by atoms with Crippen molar-refractivity contribution in [1.82, 2.24) is 0 Å². The van der Waals surface area contributed by atoms with Crippen LogP contribution in [0.15, 0.2) is 11.6 Å². The van der Waals surface area contributed by atoms with Crippen LogP contribution in [0.2, 0.25) is 0 Å². The first-order chi connectivity index (χ1) is 6.74.